The molecular weight excluding hydrogens is 272 g/mol. The lowest BCUT2D eigenvalue weighted by Gasteiger charge is -2.02. The maximum atomic E-state index is 12.2. The highest BCUT2D eigenvalue weighted by molar-refractivity contribution is 7.14. The minimum atomic E-state index is -0.161. The van der Waals surface area contributed by atoms with Crippen LogP contribution in [0.4, 0.5) is 5.13 Å². The lowest BCUT2D eigenvalue weighted by atomic mass is 10.1. The SMILES string of the molecule is CC(C)c1csc(NC(=O)c2ccc3cn[nH]c3c2)n1. The van der Waals surface area contributed by atoms with Gasteiger partial charge in [-0.25, -0.2) is 4.98 Å². The standard InChI is InChI=1S/C14H14N4OS/c1-8(2)12-7-20-14(16-12)17-13(19)9-3-4-10-6-15-18-11(10)5-9/h3-8H,1-2H3,(H,15,18)(H,16,17,19). The summed E-state index contributed by atoms with van der Waals surface area (Å²) in [5, 5.41) is 13.2. The number of anilines is 1. The minimum Gasteiger partial charge on any atom is -0.298 e. The molecule has 0 spiro atoms. The Bertz CT molecular complexity index is 759. The Morgan fingerprint density at radius 1 is 1.40 bits per heavy atom. The van der Waals surface area contributed by atoms with Gasteiger partial charge in [-0.2, -0.15) is 5.10 Å². The summed E-state index contributed by atoms with van der Waals surface area (Å²) >= 11 is 1.44. The molecule has 1 aromatic carbocycles. The zero-order chi connectivity index (χ0) is 14.1. The Morgan fingerprint density at radius 3 is 3.00 bits per heavy atom. The van der Waals surface area contributed by atoms with Crippen molar-refractivity contribution < 1.29 is 4.79 Å². The molecule has 2 heterocycles. The summed E-state index contributed by atoms with van der Waals surface area (Å²) in [5.74, 6) is 0.199. The number of nitrogens with one attached hydrogen (secondary N) is 2. The van der Waals surface area contributed by atoms with Crippen LogP contribution in [-0.2, 0) is 0 Å². The van der Waals surface area contributed by atoms with E-state index < -0.39 is 0 Å². The van der Waals surface area contributed by atoms with Gasteiger partial charge in [-0.1, -0.05) is 19.9 Å². The van der Waals surface area contributed by atoms with Crippen LogP contribution in [0.25, 0.3) is 10.9 Å². The van der Waals surface area contributed by atoms with Crippen LogP contribution >= 0.6 is 11.3 Å². The molecule has 0 bridgehead atoms. The molecule has 2 N–H and O–H groups in total. The number of aromatic nitrogens is 3. The number of hydrogen-bond donors (Lipinski definition) is 2. The Labute approximate surface area is 120 Å². The first-order chi connectivity index (χ1) is 9.63. The minimum absolute atomic E-state index is 0.161. The van der Waals surface area contributed by atoms with Gasteiger partial charge in [0.1, 0.15) is 0 Å². The van der Waals surface area contributed by atoms with Crippen LogP contribution in [0.3, 0.4) is 0 Å². The fourth-order valence-electron chi connectivity index (χ4n) is 1.86. The third-order valence-corrected chi connectivity index (χ3v) is 3.81. The van der Waals surface area contributed by atoms with Crippen molar-refractivity contribution in [2.75, 3.05) is 5.32 Å². The van der Waals surface area contributed by atoms with Crippen molar-refractivity contribution in [3.8, 4) is 0 Å². The van der Waals surface area contributed by atoms with E-state index in [4.69, 9.17) is 0 Å². The largest absolute Gasteiger partial charge is 0.298 e. The highest BCUT2D eigenvalue weighted by atomic mass is 32.1. The van der Waals surface area contributed by atoms with Crippen LogP contribution in [0, 0.1) is 0 Å². The Hall–Kier alpha value is -2.21. The van der Waals surface area contributed by atoms with E-state index in [0.29, 0.717) is 16.6 Å². The third kappa shape index (κ3) is 2.42. The van der Waals surface area contributed by atoms with Crippen LogP contribution in [0.2, 0.25) is 0 Å². The number of rotatable bonds is 3. The molecule has 2 aromatic heterocycles. The average molecular weight is 286 g/mol. The van der Waals surface area contributed by atoms with Gasteiger partial charge in [-0.05, 0) is 18.1 Å². The fourth-order valence-corrected chi connectivity index (χ4v) is 2.72. The van der Waals surface area contributed by atoms with Gasteiger partial charge in [0.2, 0.25) is 0 Å². The normalized spacial score (nSPS) is 11.2. The Kier molecular flexibility index (Phi) is 3.23. The number of nitrogens with zero attached hydrogens (tertiary/aromatic N) is 2. The number of carbonyl (C=O) groups excluding carboxylic acids is 1. The van der Waals surface area contributed by atoms with Gasteiger partial charge >= 0.3 is 0 Å². The van der Waals surface area contributed by atoms with Crippen molar-refractivity contribution in [2.45, 2.75) is 19.8 Å². The van der Waals surface area contributed by atoms with Crippen molar-refractivity contribution in [2.24, 2.45) is 0 Å². The number of carbonyl (C=O) groups is 1. The van der Waals surface area contributed by atoms with Crippen LogP contribution in [0.1, 0.15) is 35.8 Å². The van der Waals surface area contributed by atoms with E-state index in [1.807, 2.05) is 11.4 Å². The highest BCUT2D eigenvalue weighted by Crippen LogP contribution is 2.22. The van der Waals surface area contributed by atoms with E-state index in [1.165, 1.54) is 11.3 Å². The number of amides is 1. The second-order valence-electron chi connectivity index (χ2n) is 4.86. The fraction of sp³-hybridized carbons (Fsp3) is 0.214. The third-order valence-electron chi connectivity index (χ3n) is 3.04. The summed E-state index contributed by atoms with van der Waals surface area (Å²) in [4.78, 5) is 16.6. The van der Waals surface area contributed by atoms with Crippen LogP contribution < -0.4 is 5.32 Å². The molecule has 0 aliphatic heterocycles. The van der Waals surface area contributed by atoms with E-state index >= 15 is 0 Å². The molecule has 3 aromatic rings. The molecule has 0 fully saturated rings. The van der Waals surface area contributed by atoms with E-state index in [9.17, 15) is 4.79 Å². The topological polar surface area (TPSA) is 70.7 Å². The molecule has 0 unspecified atom stereocenters. The zero-order valence-electron chi connectivity index (χ0n) is 11.2. The van der Waals surface area contributed by atoms with Crippen LogP contribution in [0.15, 0.2) is 29.8 Å². The van der Waals surface area contributed by atoms with Gasteiger partial charge in [0.25, 0.3) is 5.91 Å². The predicted octanol–water partition coefficient (Wildman–Crippen LogP) is 3.40. The number of thiazole rings is 1. The van der Waals surface area contributed by atoms with Gasteiger partial charge in [-0.3, -0.25) is 15.2 Å². The first-order valence-electron chi connectivity index (χ1n) is 6.33. The molecule has 102 valence electrons. The van der Waals surface area contributed by atoms with Gasteiger partial charge in [0, 0.05) is 16.3 Å². The lowest BCUT2D eigenvalue weighted by molar-refractivity contribution is 0.102. The second kappa shape index (κ2) is 5.05. The summed E-state index contributed by atoms with van der Waals surface area (Å²) < 4.78 is 0. The number of fused-ring (bicyclic) bond motifs is 1. The van der Waals surface area contributed by atoms with Crippen LogP contribution in [-0.4, -0.2) is 21.1 Å². The molecule has 6 heteroatoms. The number of hydrogen-bond acceptors (Lipinski definition) is 4. The first kappa shape index (κ1) is 12.8. The van der Waals surface area contributed by atoms with E-state index in [-0.39, 0.29) is 5.91 Å². The molecule has 5 nitrogen and oxygen atoms in total. The number of aromatic amines is 1. The maximum absolute atomic E-state index is 12.2. The van der Waals surface area contributed by atoms with Gasteiger partial charge in [-0.15, -0.1) is 11.3 Å². The molecular formula is C14H14N4OS. The van der Waals surface area contributed by atoms with E-state index in [2.05, 4.69) is 34.3 Å². The molecule has 0 aliphatic rings. The highest BCUT2D eigenvalue weighted by Gasteiger charge is 2.11. The molecule has 20 heavy (non-hydrogen) atoms. The quantitative estimate of drug-likeness (QED) is 0.775. The maximum Gasteiger partial charge on any atom is 0.257 e. The molecule has 0 radical (unpaired) electrons. The molecule has 3 rings (SSSR count). The second-order valence-corrected chi connectivity index (χ2v) is 5.72. The monoisotopic (exact) mass is 286 g/mol. The van der Waals surface area contributed by atoms with E-state index in [1.54, 1.807) is 18.3 Å². The average Bonchev–Trinajstić information content (AvgIpc) is 3.05. The summed E-state index contributed by atoms with van der Waals surface area (Å²) in [6, 6.07) is 5.44. The molecule has 0 atom stereocenters. The van der Waals surface area contributed by atoms with Crippen LogP contribution in [0.5, 0.6) is 0 Å². The lowest BCUT2D eigenvalue weighted by Crippen LogP contribution is -2.11. The molecule has 0 saturated carbocycles. The number of H-pyrrole nitrogens is 1. The Balaban J connectivity index is 1.80. The summed E-state index contributed by atoms with van der Waals surface area (Å²) in [6.45, 7) is 4.15. The smallest absolute Gasteiger partial charge is 0.257 e. The number of benzene rings is 1. The van der Waals surface area contributed by atoms with Gasteiger partial charge < -0.3 is 0 Å². The van der Waals surface area contributed by atoms with Crippen molar-refractivity contribution >= 4 is 33.3 Å². The van der Waals surface area contributed by atoms with Gasteiger partial charge in [0.05, 0.1) is 17.4 Å². The summed E-state index contributed by atoms with van der Waals surface area (Å²) in [7, 11) is 0. The molecule has 0 saturated heterocycles. The van der Waals surface area contributed by atoms with E-state index in [0.717, 1.165) is 16.6 Å². The van der Waals surface area contributed by atoms with Crippen molar-refractivity contribution in [3.63, 3.8) is 0 Å². The Morgan fingerprint density at radius 2 is 2.25 bits per heavy atom. The predicted molar refractivity (Wildman–Crippen MR) is 80.2 cm³/mol. The van der Waals surface area contributed by atoms with Crippen molar-refractivity contribution in [1.82, 2.24) is 15.2 Å². The first-order valence-corrected chi connectivity index (χ1v) is 7.21. The van der Waals surface area contributed by atoms with Crippen molar-refractivity contribution in [1.29, 1.82) is 0 Å². The summed E-state index contributed by atoms with van der Waals surface area (Å²) in [6.07, 6.45) is 1.73. The molecule has 0 aliphatic carbocycles. The van der Waals surface area contributed by atoms with Crippen molar-refractivity contribution in [3.05, 3.63) is 41.0 Å². The molecule has 1 amide bonds. The van der Waals surface area contributed by atoms with Gasteiger partial charge in [0.15, 0.2) is 5.13 Å². The summed E-state index contributed by atoms with van der Waals surface area (Å²) in [5.41, 5.74) is 2.43. The zero-order valence-corrected chi connectivity index (χ0v) is 12.0.